The number of hydrogen-bond donors (Lipinski definition) is 2. The third-order valence-corrected chi connectivity index (χ3v) is 3.64. The molecule has 146 valence electrons. The van der Waals surface area contributed by atoms with E-state index in [9.17, 15) is 9.59 Å². The Kier molecular flexibility index (Phi) is 8.26. The molecule has 1 unspecified atom stereocenters. The highest BCUT2D eigenvalue weighted by molar-refractivity contribution is 5.88. The van der Waals surface area contributed by atoms with Gasteiger partial charge in [0.2, 0.25) is 0 Å². The third kappa shape index (κ3) is 6.28. The molecule has 0 radical (unpaired) electrons. The van der Waals surface area contributed by atoms with E-state index >= 15 is 0 Å². The first-order valence-corrected chi connectivity index (χ1v) is 8.76. The van der Waals surface area contributed by atoms with Crippen molar-refractivity contribution in [1.82, 2.24) is 10.3 Å². The summed E-state index contributed by atoms with van der Waals surface area (Å²) >= 11 is 0. The lowest BCUT2D eigenvalue weighted by Gasteiger charge is -2.12. The number of esters is 2. The summed E-state index contributed by atoms with van der Waals surface area (Å²) < 4.78 is 9.89. The number of aromatic nitrogens is 1. The van der Waals surface area contributed by atoms with Crippen molar-refractivity contribution in [2.45, 2.75) is 12.8 Å². The van der Waals surface area contributed by atoms with Gasteiger partial charge in [-0.05, 0) is 43.5 Å². The van der Waals surface area contributed by atoms with Gasteiger partial charge in [0.25, 0.3) is 0 Å². The molecule has 0 saturated heterocycles. The van der Waals surface area contributed by atoms with Crippen LogP contribution in [0.5, 0.6) is 0 Å². The summed E-state index contributed by atoms with van der Waals surface area (Å²) in [7, 11) is 1.29. The number of nitrogens with zero attached hydrogens (tertiary/aromatic N) is 1. The predicted molar refractivity (Wildman–Crippen MR) is 106 cm³/mol. The van der Waals surface area contributed by atoms with Crippen molar-refractivity contribution in [3.63, 3.8) is 0 Å². The zero-order valence-corrected chi connectivity index (χ0v) is 15.8. The third-order valence-electron chi connectivity index (χ3n) is 3.64. The fourth-order valence-corrected chi connectivity index (χ4v) is 2.28. The minimum atomic E-state index is -0.699. The molecule has 0 aliphatic heterocycles. The second kappa shape index (κ2) is 11.2. The summed E-state index contributed by atoms with van der Waals surface area (Å²) in [6, 6.07) is 14.7. The van der Waals surface area contributed by atoms with E-state index in [1.165, 1.54) is 19.5 Å². The standard InChI is InChI=1S/C21H23N3O4/c1-3-28-20(25)17(18-11-7-8-13-22-18)12-14-23-19(21(26)27-2)15-24-16-9-5-4-6-10-16/h4-15,17,23-24H,3H2,1-2H3/b14-12+,19-15-. The number of anilines is 1. The van der Waals surface area contributed by atoms with Crippen LogP contribution < -0.4 is 10.6 Å². The molecule has 1 heterocycles. The Morgan fingerprint density at radius 1 is 1.14 bits per heavy atom. The quantitative estimate of drug-likeness (QED) is 0.510. The van der Waals surface area contributed by atoms with Crippen LogP contribution in [0.15, 0.2) is 78.9 Å². The van der Waals surface area contributed by atoms with Crippen molar-refractivity contribution in [2.24, 2.45) is 0 Å². The van der Waals surface area contributed by atoms with E-state index in [1.807, 2.05) is 30.3 Å². The van der Waals surface area contributed by atoms with Crippen molar-refractivity contribution < 1.29 is 19.1 Å². The molecule has 1 aromatic carbocycles. The molecule has 0 amide bonds. The van der Waals surface area contributed by atoms with E-state index in [2.05, 4.69) is 15.6 Å². The van der Waals surface area contributed by atoms with Gasteiger partial charge in [-0.3, -0.25) is 9.78 Å². The summed E-state index contributed by atoms with van der Waals surface area (Å²) in [6.45, 7) is 2.00. The van der Waals surface area contributed by atoms with Gasteiger partial charge in [0.15, 0.2) is 0 Å². The van der Waals surface area contributed by atoms with Crippen LogP contribution >= 0.6 is 0 Å². The number of para-hydroxylation sites is 1. The van der Waals surface area contributed by atoms with Crippen molar-refractivity contribution >= 4 is 17.6 Å². The molecule has 1 atom stereocenters. The molecule has 2 N–H and O–H groups in total. The van der Waals surface area contributed by atoms with Gasteiger partial charge in [0.1, 0.15) is 11.6 Å². The summed E-state index contributed by atoms with van der Waals surface area (Å²) in [4.78, 5) is 28.5. The molecule has 2 aromatic rings. The van der Waals surface area contributed by atoms with Gasteiger partial charge in [0.05, 0.1) is 19.4 Å². The van der Waals surface area contributed by atoms with Crippen LogP contribution in [-0.4, -0.2) is 30.6 Å². The second-order valence-electron chi connectivity index (χ2n) is 5.55. The molecule has 0 spiro atoms. The molecule has 28 heavy (non-hydrogen) atoms. The molecule has 0 saturated carbocycles. The lowest BCUT2D eigenvalue weighted by molar-refractivity contribution is -0.143. The molecule has 1 aromatic heterocycles. The highest BCUT2D eigenvalue weighted by Crippen LogP contribution is 2.16. The van der Waals surface area contributed by atoms with E-state index in [-0.39, 0.29) is 12.3 Å². The molecule has 0 bridgehead atoms. The maximum Gasteiger partial charge on any atom is 0.355 e. The van der Waals surface area contributed by atoms with Gasteiger partial charge in [-0.25, -0.2) is 4.79 Å². The summed E-state index contributed by atoms with van der Waals surface area (Å²) in [5, 5.41) is 5.86. The maximum absolute atomic E-state index is 12.3. The van der Waals surface area contributed by atoms with Gasteiger partial charge in [0, 0.05) is 18.1 Å². The van der Waals surface area contributed by atoms with Crippen LogP contribution in [-0.2, 0) is 19.1 Å². The molecule has 2 rings (SSSR count). The first-order valence-electron chi connectivity index (χ1n) is 8.76. The normalized spacial score (nSPS) is 12.3. The molecular formula is C21H23N3O4. The number of methoxy groups -OCH3 is 1. The van der Waals surface area contributed by atoms with Crippen LogP contribution in [0.4, 0.5) is 5.69 Å². The molecule has 7 heteroatoms. The van der Waals surface area contributed by atoms with E-state index in [0.717, 1.165) is 5.69 Å². The average Bonchev–Trinajstić information content (AvgIpc) is 2.74. The van der Waals surface area contributed by atoms with Gasteiger partial charge >= 0.3 is 11.9 Å². The zero-order chi connectivity index (χ0) is 20.2. The van der Waals surface area contributed by atoms with Crippen LogP contribution in [0.3, 0.4) is 0 Å². The van der Waals surface area contributed by atoms with Crippen LogP contribution in [0.25, 0.3) is 0 Å². The lowest BCUT2D eigenvalue weighted by Crippen LogP contribution is -2.20. The fourth-order valence-electron chi connectivity index (χ4n) is 2.28. The Labute approximate surface area is 164 Å². The Bertz CT molecular complexity index is 820. The minimum Gasteiger partial charge on any atom is -0.465 e. The molecule has 7 nitrogen and oxygen atoms in total. The highest BCUT2D eigenvalue weighted by Gasteiger charge is 2.20. The van der Waals surface area contributed by atoms with Crippen molar-refractivity contribution in [2.75, 3.05) is 19.0 Å². The van der Waals surface area contributed by atoms with Crippen LogP contribution in [0.2, 0.25) is 0 Å². The molecular weight excluding hydrogens is 358 g/mol. The van der Waals surface area contributed by atoms with E-state index in [0.29, 0.717) is 5.69 Å². The largest absolute Gasteiger partial charge is 0.465 e. The zero-order valence-electron chi connectivity index (χ0n) is 15.8. The van der Waals surface area contributed by atoms with Gasteiger partial charge in [-0.1, -0.05) is 24.3 Å². The Hall–Kier alpha value is -3.61. The Balaban J connectivity index is 2.14. The summed E-state index contributed by atoms with van der Waals surface area (Å²) in [6.07, 6.45) is 6.17. The van der Waals surface area contributed by atoms with E-state index < -0.39 is 17.9 Å². The Morgan fingerprint density at radius 2 is 1.89 bits per heavy atom. The number of pyridine rings is 1. The predicted octanol–water partition coefficient (Wildman–Crippen LogP) is 2.96. The van der Waals surface area contributed by atoms with Crippen molar-refractivity contribution in [3.05, 3.63) is 84.6 Å². The number of rotatable bonds is 9. The summed E-state index contributed by atoms with van der Waals surface area (Å²) in [5.41, 5.74) is 1.53. The fraction of sp³-hybridized carbons (Fsp3) is 0.190. The molecule has 0 aliphatic carbocycles. The maximum atomic E-state index is 12.3. The number of ether oxygens (including phenoxy) is 2. The highest BCUT2D eigenvalue weighted by atomic mass is 16.5. The van der Waals surface area contributed by atoms with Gasteiger partial charge in [-0.2, -0.15) is 0 Å². The van der Waals surface area contributed by atoms with Crippen molar-refractivity contribution in [1.29, 1.82) is 0 Å². The number of carbonyl (C=O) groups excluding carboxylic acids is 2. The minimum absolute atomic E-state index is 0.172. The first-order chi connectivity index (χ1) is 13.7. The lowest BCUT2D eigenvalue weighted by atomic mass is 10.1. The Morgan fingerprint density at radius 3 is 2.54 bits per heavy atom. The van der Waals surface area contributed by atoms with Crippen LogP contribution in [0.1, 0.15) is 18.5 Å². The van der Waals surface area contributed by atoms with Crippen LogP contribution in [0, 0.1) is 0 Å². The number of nitrogens with one attached hydrogen (secondary N) is 2. The van der Waals surface area contributed by atoms with E-state index in [4.69, 9.17) is 9.47 Å². The number of carbonyl (C=O) groups is 2. The van der Waals surface area contributed by atoms with Gasteiger partial charge < -0.3 is 20.1 Å². The van der Waals surface area contributed by atoms with E-state index in [1.54, 1.807) is 37.4 Å². The van der Waals surface area contributed by atoms with Crippen molar-refractivity contribution in [3.8, 4) is 0 Å². The monoisotopic (exact) mass is 381 g/mol. The average molecular weight is 381 g/mol. The number of benzene rings is 1. The molecule has 0 aliphatic rings. The number of hydrogen-bond acceptors (Lipinski definition) is 7. The van der Waals surface area contributed by atoms with Gasteiger partial charge in [-0.15, -0.1) is 0 Å². The molecule has 0 fully saturated rings. The smallest absolute Gasteiger partial charge is 0.355 e. The SMILES string of the molecule is CCOC(=O)C(/C=C/N/C(=C\Nc1ccccc1)C(=O)OC)c1ccccn1. The second-order valence-corrected chi connectivity index (χ2v) is 5.55. The topological polar surface area (TPSA) is 89.6 Å². The summed E-state index contributed by atoms with van der Waals surface area (Å²) in [5.74, 6) is -1.68. The first kappa shape index (κ1) is 20.7.